The van der Waals surface area contributed by atoms with Crippen molar-refractivity contribution in [2.75, 3.05) is 26.4 Å². The molecular weight excluding hydrogens is 396 g/mol. The minimum absolute atomic E-state index is 0.0570. The average molecular weight is 420 g/mol. The van der Waals surface area contributed by atoms with Crippen LogP contribution in [0.25, 0.3) is 0 Å². The Labute approximate surface area is 166 Å². The van der Waals surface area contributed by atoms with Crippen molar-refractivity contribution in [2.45, 2.75) is 39.0 Å². The predicted octanol–water partition coefficient (Wildman–Crippen LogP) is 4.05. The Balaban J connectivity index is 1.43. The molecule has 0 bridgehead atoms. The molecule has 2 aliphatic rings. The van der Waals surface area contributed by atoms with E-state index in [0.717, 1.165) is 12.1 Å². The predicted molar refractivity (Wildman–Crippen MR) is 94.5 cm³/mol. The molecule has 0 aliphatic carbocycles. The lowest BCUT2D eigenvalue weighted by Crippen LogP contribution is -2.44. The van der Waals surface area contributed by atoms with Gasteiger partial charge in [-0.1, -0.05) is 12.2 Å². The van der Waals surface area contributed by atoms with Crippen molar-refractivity contribution >= 4 is 0 Å². The van der Waals surface area contributed by atoms with Gasteiger partial charge >= 0.3 is 6.61 Å². The Kier molecular flexibility index (Phi) is 7.88. The van der Waals surface area contributed by atoms with Gasteiger partial charge in [0.15, 0.2) is 30.0 Å². The van der Waals surface area contributed by atoms with Gasteiger partial charge < -0.3 is 23.7 Å². The zero-order chi connectivity index (χ0) is 20.8. The molecule has 0 saturated carbocycles. The number of alkyl halides is 2. The fourth-order valence-corrected chi connectivity index (χ4v) is 3.31. The van der Waals surface area contributed by atoms with Crippen LogP contribution in [0.4, 0.5) is 17.6 Å². The molecule has 162 valence electrons. The zero-order valence-corrected chi connectivity index (χ0v) is 16.0. The second kappa shape index (κ2) is 10.4. The highest BCUT2D eigenvalue weighted by molar-refractivity contribution is 5.31. The van der Waals surface area contributed by atoms with Crippen LogP contribution in [-0.4, -0.2) is 45.6 Å². The van der Waals surface area contributed by atoms with Crippen LogP contribution in [0.15, 0.2) is 24.3 Å². The number of hydrogen-bond acceptors (Lipinski definition) is 5. The summed E-state index contributed by atoms with van der Waals surface area (Å²) in [6.45, 7) is 0.576. The van der Waals surface area contributed by atoms with E-state index in [1.165, 1.54) is 0 Å². The molecule has 0 amide bonds. The van der Waals surface area contributed by atoms with Crippen molar-refractivity contribution in [1.29, 1.82) is 0 Å². The average Bonchev–Trinajstić information content (AvgIpc) is 2.70. The molecule has 0 unspecified atom stereocenters. The minimum Gasteiger partial charge on any atom is -0.429 e. The topological polar surface area (TPSA) is 46.2 Å². The summed E-state index contributed by atoms with van der Waals surface area (Å²) in [6, 6.07) is 1.94. The SMILES string of the molecule is C/C=C/C1COC(C2COC(CCc3cc(F)c(OC(F)F)c(F)c3)OC2)OC1. The van der Waals surface area contributed by atoms with E-state index < -0.39 is 30.3 Å². The monoisotopic (exact) mass is 420 g/mol. The number of ether oxygens (including phenoxy) is 5. The van der Waals surface area contributed by atoms with Gasteiger partial charge in [-0.3, -0.25) is 0 Å². The number of halogens is 4. The quantitative estimate of drug-likeness (QED) is 0.492. The summed E-state index contributed by atoms with van der Waals surface area (Å²) >= 11 is 0. The third-order valence-corrected chi connectivity index (χ3v) is 4.72. The molecule has 2 saturated heterocycles. The molecule has 29 heavy (non-hydrogen) atoms. The molecular formula is C20H24F4O5. The number of rotatable bonds is 7. The highest BCUT2D eigenvalue weighted by atomic mass is 19.3. The lowest BCUT2D eigenvalue weighted by Gasteiger charge is -2.37. The van der Waals surface area contributed by atoms with E-state index in [1.54, 1.807) is 0 Å². The van der Waals surface area contributed by atoms with Crippen LogP contribution in [-0.2, 0) is 25.4 Å². The van der Waals surface area contributed by atoms with Crippen LogP contribution in [0.1, 0.15) is 18.9 Å². The first-order valence-electron chi connectivity index (χ1n) is 9.48. The maximum atomic E-state index is 13.8. The number of hydrogen-bond donors (Lipinski definition) is 0. The second-order valence-electron chi connectivity index (χ2n) is 6.98. The molecule has 0 aromatic heterocycles. The van der Waals surface area contributed by atoms with Gasteiger partial charge in [0.25, 0.3) is 0 Å². The summed E-state index contributed by atoms with van der Waals surface area (Å²) in [5, 5.41) is 0. The highest BCUT2D eigenvalue weighted by Gasteiger charge is 2.33. The molecule has 0 N–H and O–H groups in total. The summed E-state index contributed by atoms with van der Waals surface area (Å²) < 4.78 is 78.6. The van der Waals surface area contributed by atoms with Crippen LogP contribution in [0.2, 0.25) is 0 Å². The van der Waals surface area contributed by atoms with Crippen molar-refractivity contribution in [3.8, 4) is 5.75 Å². The molecule has 0 atom stereocenters. The summed E-state index contributed by atoms with van der Waals surface area (Å²) in [6.07, 6.45) is 3.69. The summed E-state index contributed by atoms with van der Waals surface area (Å²) in [5.41, 5.74) is 0.296. The van der Waals surface area contributed by atoms with Crippen molar-refractivity contribution in [3.05, 3.63) is 41.5 Å². The van der Waals surface area contributed by atoms with Crippen molar-refractivity contribution < 1.29 is 41.2 Å². The summed E-state index contributed by atoms with van der Waals surface area (Å²) in [5.74, 6) is -3.24. The van der Waals surface area contributed by atoms with E-state index in [0.29, 0.717) is 38.4 Å². The largest absolute Gasteiger partial charge is 0.429 e. The maximum Gasteiger partial charge on any atom is 0.387 e. The van der Waals surface area contributed by atoms with Crippen LogP contribution in [0.3, 0.4) is 0 Å². The minimum atomic E-state index is -3.30. The van der Waals surface area contributed by atoms with Gasteiger partial charge in [0.2, 0.25) is 0 Å². The van der Waals surface area contributed by atoms with Crippen LogP contribution in [0, 0.1) is 23.5 Å². The van der Waals surface area contributed by atoms with Crippen molar-refractivity contribution in [1.82, 2.24) is 0 Å². The van der Waals surface area contributed by atoms with Gasteiger partial charge in [-0.2, -0.15) is 8.78 Å². The first-order chi connectivity index (χ1) is 14.0. The summed E-state index contributed by atoms with van der Waals surface area (Å²) in [4.78, 5) is 0. The number of benzene rings is 1. The van der Waals surface area contributed by atoms with Gasteiger partial charge in [-0.25, -0.2) is 8.78 Å². The lowest BCUT2D eigenvalue weighted by atomic mass is 10.1. The van der Waals surface area contributed by atoms with E-state index in [-0.39, 0.29) is 24.5 Å². The van der Waals surface area contributed by atoms with Gasteiger partial charge in [-0.15, -0.1) is 0 Å². The Hall–Kier alpha value is -1.68. The number of allylic oxidation sites excluding steroid dienone is 1. The molecule has 2 aliphatic heterocycles. The molecule has 1 aromatic carbocycles. The smallest absolute Gasteiger partial charge is 0.387 e. The van der Waals surface area contributed by atoms with Crippen LogP contribution < -0.4 is 4.74 Å². The molecule has 0 spiro atoms. The Morgan fingerprint density at radius 2 is 1.66 bits per heavy atom. The van der Waals surface area contributed by atoms with Gasteiger partial charge in [-0.05, 0) is 31.0 Å². The molecule has 5 nitrogen and oxygen atoms in total. The summed E-state index contributed by atoms with van der Waals surface area (Å²) in [7, 11) is 0. The molecule has 3 rings (SSSR count). The van der Waals surface area contributed by atoms with Gasteiger partial charge in [0, 0.05) is 12.3 Å². The standard InChI is InChI=1S/C20H24F4O5/c1-2-3-13-8-27-19(28-9-13)14-10-25-17(26-11-14)5-4-12-6-15(21)18(16(22)7-12)29-20(23)24/h2-3,6-7,13-14,17,19-20H,4-5,8-11H2,1H3/b3-2+. The number of aryl methyl sites for hydroxylation is 1. The van der Waals surface area contributed by atoms with E-state index >= 15 is 0 Å². The fraction of sp³-hybridized carbons (Fsp3) is 0.600. The third-order valence-electron chi connectivity index (χ3n) is 4.72. The lowest BCUT2D eigenvalue weighted by molar-refractivity contribution is -0.278. The Morgan fingerprint density at radius 3 is 2.21 bits per heavy atom. The first kappa shape index (κ1) is 22.0. The third kappa shape index (κ3) is 6.15. The Bertz CT molecular complexity index is 660. The highest BCUT2D eigenvalue weighted by Crippen LogP contribution is 2.27. The van der Waals surface area contributed by atoms with Crippen molar-refractivity contribution in [3.63, 3.8) is 0 Å². The second-order valence-corrected chi connectivity index (χ2v) is 6.98. The zero-order valence-electron chi connectivity index (χ0n) is 16.0. The first-order valence-corrected chi connectivity index (χ1v) is 9.48. The van der Waals surface area contributed by atoms with Crippen LogP contribution in [0.5, 0.6) is 5.75 Å². The van der Waals surface area contributed by atoms with Gasteiger partial charge in [0.05, 0.1) is 32.3 Å². The molecule has 0 radical (unpaired) electrons. The van der Waals surface area contributed by atoms with E-state index in [2.05, 4.69) is 4.74 Å². The molecule has 9 heteroatoms. The molecule has 2 heterocycles. The van der Waals surface area contributed by atoms with E-state index in [4.69, 9.17) is 18.9 Å². The van der Waals surface area contributed by atoms with Crippen LogP contribution >= 0.6 is 0 Å². The van der Waals surface area contributed by atoms with E-state index in [1.807, 2.05) is 19.1 Å². The normalized spacial score (nSPS) is 28.2. The molecule has 2 fully saturated rings. The fourth-order valence-electron chi connectivity index (χ4n) is 3.31. The maximum absolute atomic E-state index is 13.8. The van der Waals surface area contributed by atoms with Gasteiger partial charge in [0.1, 0.15) is 0 Å². The Morgan fingerprint density at radius 1 is 1.03 bits per heavy atom. The molecule has 1 aromatic rings. The van der Waals surface area contributed by atoms with Crippen molar-refractivity contribution in [2.24, 2.45) is 11.8 Å². The van der Waals surface area contributed by atoms with E-state index in [9.17, 15) is 17.6 Å².